The Morgan fingerprint density at radius 3 is 2.60 bits per heavy atom. The van der Waals surface area contributed by atoms with Gasteiger partial charge in [-0.15, -0.1) is 0 Å². The van der Waals surface area contributed by atoms with Gasteiger partial charge in [0.15, 0.2) is 0 Å². The van der Waals surface area contributed by atoms with E-state index in [0.29, 0.717) is 13.1 Å². The normalized spacial score (nSPS) is 11.8. The molecule has 0 aliphatic carbocycles. The first kappa shape index (κ1) is 13.0. The second-order valence-electron chi connectivity index (χ2n) is 1.78. The van der Waals surface area contributed by atoms with E-state index < -0.39 is 12.0 Å². The van der Waals surface area contributed by atoms with Gasteiger partial charge in [0.25, 0.3) is 0 Å². The van der Waals surface area contributed by atoms with Crippen molar-refractivity contribution in [1.82, 2.24) is 5.32 Å². The predicted molar refractivity (Wildman–Crippen MR) is 31.5 cm³/mol. The first-order valence-electron chi connectivity index (χ1n) is 2.82. The number of carbonyl (C=O) groups is 1. The molecule has 4 nitrogen and oxygen atoms in total. The van der Waals surface area contributed by atoms with Crippen LogP contribution >= 0.6 is 0 Å². The SMILES string of the molecule is CC(NCCN)C(=O)[O-].[Na+]. The molecule has 10 heavy (non-hydrogen) atoms. The molecule has 54 valence electrons. The quantitative estimate of drug-likeness (QED) is 0.396. The van der Waals surface area contributed by atoms with Crippen molar-refractivity contribution >= 4 is 5.97 Å². The Labute approximate surface area is 82.5 Å². The molecule has 0 aliphatic rings. The minimum atomic E-state index is -1.09. The standard InChI is InChI=1S/C5H12N2O2.Na/c1-4(5(8)9)7-3-2-6;/h4,7H,2-3,6H2,1H3,(H,8,9);/q;+1/p-1. The number of rotatable bonds is 4. The maximum atomic E-state index is 9.99. The van der Waals surface area contributed by atoms with E-state index in [9.17, 15) is 9.90 Å². The maximum absolute atomic E-state index is 9.99. The Balaban J connectivity index is 0. The van der Waals surface area contributed by atoms with E-state index in [4.69, 9.17) is 5.73 Å². The predicted octanol–water partition coefficient (Wildman–Crippen LogP) is -5.32. The molecular formula is C5H11N2NaO2. The third-order valence-electron chi connectivity index (χ3n) is 0.948. The first-order valence-corrected chi connectivity index (χ1v) is 2.82. The summed E-state index contributed by atoms with van der Waals surface area (Å²) >= 11 is 0. The number of carbonyl (C=O) groups excluding carboxylic acids is 1. The van der Waals surface area contributed by atoms with Gasteiger partial charge in [-0.05, 0) is 6.92 Å². The molecule has 0 rings (SSSR count). The van der Waals surface area contributed by atoms with Gasteiger partial charge in [-0.3, -0.25) is 0 Å². The molecule has 0 fully saturated rings. The number of nitrogens with two attached hydrogens (primary N) is 1. The minimum absolute atomic E-state index is 0. The number of aliphatic carboxylic acids is 1. The summed E-state index contributed by atoms with van der Waals surface area (Å²) in [5.74, 6) is -1.09. The largest absolute Gasteiger partial charge is 1.00 e. The second-order valence-corrected chi connectivity index (χ2v) is 1.78. The molecule has 0 bridgehead atoms. The zero-order valence-corrected chi connectivity index (χ0v) is 8.39. The Hall–Kier alpha value is 0.390. The van der Waals surface area contributed by atoms with Crippen molar-refractivity contribution in [1.29, 1.82) is 0 Å². The number of carboxylic acids is 1. The Morgan fingerprint density at radius 1 is 1.80 bits per heavy atom. The van der Waals surface area contributed by atoms with E-state index in [1.165, 1.54) is 6.92 Å². The number of nitrogens with one attached hydrogen (secondary N) is 1. The van der Waals surface area contributed by atoms with E-state index in [2.05, 4.69) is 5.32 Å². The zero-order valence-electron chi connectivity index (χ0n) is 6.39. The van der Waals surface area contributed by atoms with Crippen LogP contribution in [0.1, 0.15) is 6.92 Å². The fourth-order valence-corrected chi connectivity index (χ4v) is 0.383. The molecule has 1 unspecified atom stereocenters. The van der Waals surface area contributed by atoms with Crippen LogP contribution in [0.5, 0.6) is 0 Å². The van der Waals surface area contributed by atoms with Gasteiger partial charge in [-0.2, -0.15) is 0 Å². The van der Waals surface area contributed by atoms with Crippen LogP contribution in [0, 0.1) is 0 Å². The molecule has 0 radical (unpaired) electrons. The van der Waals surface area contributed by atoms with E-state index in [1.807, 2.05) is 0 Å². The van der Waals surface area contributed by atoms with Gasteiger partial charge in [-0.25, -0.2) is 0 Å². The zero-order chi connectivity index (χ0) is 7.28. The molecule has 0 spiro atoms. The van der Waals surface area contributed by atoms with Crippen LogP contribution in [0.4, 0.5) is 0 Å². The summed E-state index contributed by atoms with van der Waals surface area (Å²) in [5, 5.41) is 12.6. The number of carboxylic acid groups (broad SMARTS) is 1. The molecule has 5 heteroatoms. The van der Waals surface area contributed by atoms with Crippen LogP contribution in [-0.2, 0) is 4.79 Å². The van der Waals surface area contributed by atoms with Crippen LogP contribution in [0.2, 0.25) is 0 Å². The molecule has 0 saturated heterocycles. The fraction of sp³-hybridized carbons (Fsp3) is 0.800. The molecule has 0 aromatic carbocycles. The van der Waals surface area contributed by atoms with Crippen molar-refractivity contribution in [2.75, 3.05) is 13.1 Å². The Morgan fingerprint density at radius 2 is 2.30 bits per heavy atom. The van der Waals surface area contributed by atoms with Gasteiger partial charge in [0.1, 0.15) is 0 Å². The topological polar surface area (TPSA) is 78.2 Å². The molecular weight excluding hydrogens is 143 g/mol. The summed E-state index contributed by atoms with van der Waals surface area (Å²) in [6.07, 6.45) is 0. The van der Waals surface area contributed by atoms with Crippen molar-refractivity contribution in [2.45, 2.75) is 13.0 Å². The molecule has 0 amide bonds. The average molecular weight is 154 g/mol. The van der Waals surface area contributed by atoms with E-state index >= 15 is 0 Å². The van der Waals surface area contributed by atoms with Crippen molar-refractivity contribution in [3.8, 4) is 0 Å². The molecule has 0 aliphatic heterocycles. The summed E-state index contributed by atoms with van der Waals surface area (Å²) in [4.78, 5) is 9.99. The van der Waals surface area contributed by atoms with E-state index in [0.717, 1.165) is 0 Å². The maximum Gasteiger partial charge on any atom is 1.00 e. The van der Waals surface area contributed by atoms with Crippen molar-refractivity contribution in [3.63, 3.8) is 0 Å². The third kappa shape index (κ3) is 6.51. The summed E-state index contributed by atoms with van der Waals surface area (Å²) in [6, 6.07) is -0.603. The second kappa shape index (κ2) is 7.50. The van der Waals surface area contributed by atoms with E-state index in [1.54, 1.807) is 0 Å². The summed E-state index contributed by atoms with van der Waals surface area (Å²) < 4.78 is 0. The van der Waals surface area contributed by atoms with Crippen LogP contribution in [0.3, 0.4) is 0 Å². The van der Waals surface area contributed by atoms with Crippen molar-refractivity contribution in [3.05, 3.63) is 0 Å². The molecule has 0 saturated carbocycles. The van der Waals surface area contributed by atoms with Crippen LogP contribution in [0.25, 0.3) is 0 Å². The van der Waals surface area contributed by atoms with Gasteiger partial charge >= 0.3 is 29.6 Å². The van der Waals surface area contributed by atoms with Gasteiger partial charge in [0, 0.05) is 19.1 Å². The van der Waals surface area contributed by atoms with Crippen LogP contribution in [0.15, 0.2) is 0 Å². The van der Waals surface area contributed by atoms with E-state index in [-0.39, 0.29) is 29.6 Å². The van der Waals surface area contributed by atoms with Gasteiger partial charge in [0.2, 0.25) is 0 Å². The van der Waals surface area contributed by atoms with Crippen molar-refractivity contribution < 1.29 is 39.5 Å². The number of hydrogen-bond acceptors (Lipinski definition) is 4. The van der Waals surface area contributed by atoms with Crippen molar-refractivity contribution in [2.24, 2.45) is 5.73 Å². The average Bonchev–Trinajstić information content (AvgIpc) is 1.82. The van der Waals surface area contributed by atoms with Crippen LogP contribution in [-0.4, -0.2) is 25.1 Å². The third-order valence-corrected chi connectivity index (χ3v) is 0.948. The molecule has 3 N–H and O–H groups in total. The minimum Gasteiger partial charge on any atom is -0.548 e. The molecule has 0 aromatic heterocycles. The Kier molecular flexibility index (Phi) is 9.76. The van der Waals surface area contributed by atoms with Crippen LogP contribution < -0.4 is 45.7 Å². The Bertz CT molecular complexity index is 99.6. The summed E-state index contributed by atoms with van der Waals surface area (Å²) in [6.45, 7) is 2.47. The number of hydrogen-bond donors (Lipinski definition) is 2. The van der Waals surface area contributed by atoms with Gasteiger partial charge < -0.3 is 21.0 Å². The molecule has 0 heterocycles. The first-order chi connectivity index (χ1) is 4.18. The van der Waals surface area contributed by atoms with Gasteiger partial charge in [-0.1, -0.05) is 0 Å². The monoisotopic (exact) mass is 154 g/mol. The smallest absolute Gasteiger partial charge is 0.548 e. The fourth-order valence-electron chi connectivity index (χ4n) is 0.383. The molecule has 1 atom stereocenters. The van der Waals surface area contributed by atoms with Gasteiger partial charge in [0.05, 0.1) is 5.97 Å². The summed E-state index contributed by atoms with van der Waals surface area (Å²) in [5.41, 5.74) is 5.10. The molecule has 0 aromatic rings. The summed E-state index contributed by atoms with van der Waals surface area (Å²) in [7, 11) is 0.